The number of piperazine rings is 1. The highest BCUT2D eigenvalue weighted by molar-refractivity contribution is 6.36. The van der Waals surface area contributed by atoms with Crippen molar-refractivity contribution >= 4 is 46.5 Å². The number of hydrogen-bond donors (Lipinski definition) is 1. The fourth-order valence-corrected chi connectivity index (χ4v) is 3.84. The summed E-state index contributed by atoms with van der Waals surface area (Å²) in [7, 11) is 0. The van der Waals surface area contributed by atoms with E-state index in [0.29, 0.717) is 58.3 Å². The molecule has 9 heteroatoms. The highest BCUT2D eigenvalue weighted by atomic mass is 35.5. The first-order valence-corrected chi connectivity index (χ1v) is 9.81. The molecule has 1 fully saturated rings. The van der Waals surface area contributed by atoms with E-state index in [1.807, 2.05) is 17.0 Å². The van der Waals surface area contributed by atoms with Crippen molar-refractivity contribution in [1.82, 2.24) is 20.1 Å². The van der Waals surface area contributed by atoms with Gasteiger partial charge in [0.15, 0.2) is 0 Å². The molecule has 144 valence electrons. The van der Waals surface area contributed by atoms with Crippen molar-refractivity contribution in [2.45, 2.75) is 0 Å². The Morgan fingerprint density at radius 3 is 2.36 bits per heavy atom. The summed E-state index contributed by atoms with van der Waals surface area (Å²) in [5, 5.41) is 8.63. The van der Waals surface area contributed by atoms with Crippen molar-refractivity contribution in [3.05, 3.63) is 63.4 Å². The number of H-pyrrole nitrogens is 1. The molecule has 0 aliphatic carbocycles. The molecule has 1 amide bonds. The molecule has 0 unspecified atom stereocenters. The minimum atomic E-state index is -0.0616. The second-order valence-electron chi connectivity index (χ2n) is 6.40. The van der Waals surface area contributed by atoms with E-state index < -0.39 is 0 Å². The lowest BCUT2D eigenvalue weighted by molar-refractivity contribution is 0.0747. The van der Waals surface area contributed by atoms with Crippen molar-refractivity contribution in [2.75, 3.05) is 31.1 Å². The van der Waals surface area contributed by atoms with Crippen LogP contribution < -0.4 is 4.90 Å². The second kappa shape index (κ2) is 7.99. The number of carbonyl (C=O) groups is 1. The lowest BCUT2D eigenvalue weighted by Gasteiger charge is -2.35. The molecule has 28 heavy (non-hydrogen) atoms. The lowest BCUT2D eigenvalue weighted by Crippen LogP contribution is -2.49. The first-order chi connectivity index (χ1) is 13.5. The highest BCUT2D eigenvalue weighted by Gasteiger charge is 2.26. The van der Waals surface area contributed by atoms with E-state index in [-0.39, 0.29) is 5.91 Å². The van der Waals surface area contributed by atoms with Gasteiger partial charge in [0.1, 0.15) is 5.82 Å². The third-order valence-electron chi connectivity index (χ3n) is 4.66. The molecule has 0 radical (unpaired) electrons. The number of carbonyl (C=O) groups excluding carboxylic acids is 1. The van der Waals surface area contributed by atoms with Gasteiger partial charge in [-0.05, 0) is 18.2 Å². The molecule has 4 rings (SSSR count). The first-order valence-electron chi connectivity index (χ1n) is 8.67. The van der Waals surface area contributed by atoms with Crippen LogP contribution >= 0.6 is 34.8 Å². The molecule has 0 saturated carbocycles. The average molecular weight is 437 g/mol. The van der Waals surface area contributed by atoms with Crippen molar-refractivity contribution in [1.29, 1.82) is 0 Å². The molecule has 1 aliphatic heterocycles. The smallest absolute Gasteiger partial charge is 0.257 e. The molecule has 1 N–H and O–H groups in total. The summed E-state index contributed by atoms with van der Waals surface area (Å²) in [6.45, 7) is 2.39. The van der Waals surface area contributed by atoms with Crippen molar-refractivity contribution in [3.8, 4) is 11.3 Å². The van der Waals surface area contributed by atoms with Crippen LogP contribution in [0, 0.1) is 0 Å². The van der Waals surface area contributed by atoms with E-state index in [2.05, 4.69) is 20.1 Å². The summed E-state index contributed by atoms with van der Waals surface area (Å²) in [5.74, 6) is 0.622. The van der Waals surface area contributed by atoms with Crippen LogP contribution in [0.3, 0.4) is 0 Å². The van der Waals surface area contributed by atoms with Gasteiger partial charge in [0, 0.05) is 43.0 Å². The van der Waals surface area contributed by atoms with Crippen LogP contribution in [0.1, 0.15) is 10.4 Å². The van der Waals surface area contributed by atoms with Crippen LogP contribution in [-0.4, -0.2) is 52.2 Å². The van der Waals surface area contributed by atoms with Crippen molar-refractivity contribution in [3.63, 3.8) is 0 Å². The fraction of sp³-hybridized carbons (Fsp3) is 0.211. The summed E-state index contributed by atoms with van der Waals surface area (Å²) in [5.41, 5.74) is 2.09. The zero-order valence-electron chi connectivity index (χ0n) is 14.7. The van der Waals surface area contributed by atoms with E-state index in [4.69, 9.17) is 34.8 Å². The number of aromatic amines is 1. The molecule has 1 aliphatic rings. The predicted molar refractivity (Wildman–Crippen MR) is 111 cm³/mol. The number of nitrogens with one attached hydrogen (secondary N) is 1. The number of rotatable bonds is 3. The third-order valence-corrected chi connectivity index (χ3v) is 5.39. The number of aromatic nitrogens is 3. The molecule has 1 aromatic carbocycles. The van der Waals surface area contributed by atoms with Crippen LogP contribution in [0.2, 0.25) is 15.1 Å². The van der Waals surface area contributed by atoms with E-state index in [1.165, 1.54) is 0 Å². The zero-order valence-corrected chi connectivity index (χ0v) is 17.0. The largest absolute Gasteiger partial charge is 0.352 e. The molecule has 2 aromatic heterocycles. The third kappa shape index (κ3) is 3.81. The molecule has 3 aromatic rings. The summed E-state index contributed by atoms with van der Waals surface area (Å²) in [4.78, 5) is 21.2. The van der Waals surface area contributed by atoms with Crippen LogP contribution in [0.25, 0.3) is 11.3 Å². The minimum absolute atomic E-state index is 0.0616. The summed E-state index contributed by atoms with van der Waals surface area (Å²) in [6.07, 6.45) is 3.14. The number of anilines is 1. The molecule has 1 saturated heterocycles. The summed E-state index contributed by atoms with van der Waals surface area (Å²) < 4.78 is 0. The van der Waals surface area contributed by atoms with Gasteiger partial charge < -0.3 is 9.80 Å². The molecular formula is C19H16Cl3N5O. The van der Waals surface area contributed by atoms with Gasteiger partial charge in [-0.15, -0.1) is 0 Å². The maximum absolute atomic E-state index is 13.0. The number of nitrogens with zero attached hydrogens (tertiary/aromatic N) is 4. The van der Waals surface area contributed by atoms with Gasteiger partial charge in [-0.25, -0.2) is 4.98 Å². The topological polar surface area (TPSA) is 65.1 Å². The molecule has 0 bridgehead atoms. The lowest BCUT2D eigenvalue weighted by atomic mass is 10.1. The van der Waals surface area contributed by atoms with Crippen molar-refractivity contribution in [2.24, 2.45) is 0 Å². The van der Waals surface area contributed by atoms with Gasteiger partial charge in [-0.2, -0.15) is 5.10 Å². The van der Waals surface area contributed by atoms with Crippen molar-refractivity contribution < 1.29 is 4.79 Å². The predicted octanol–water partition coefficient (Wildman–Crippen LogP) is 4.39. The molecule has 6 nitrogen and oxygen atoms in total. The number of benzene rings is 1. The minimum Gasteiger partial charge on any atom is -0.352 e. The number of pyridine rings is 1. The van der Waals surface area contributed by atoms with E-state index >= 15 is 0 Å². The van der Waals surface area contributed by atoms with E-state index in [1.54, 1.807) is 30.6 Å². The normalized spacial score (nSPS) is 14.4. The monoisotopic (exact) mass is 435 g/mol. The first kappa shape index (κ1) is 19.1. The van der Waals surface area contributed by atoms with Crippen LogP contribution in [-0.2, 0) is 0 Å². The molecule has 3 heterocycles. The van der Waals surface area contributed by atoms with Gasteiger partial charge in [0.05, 0.1) is 27.5 Å². The number of amides is 1. The summed E-state index contributed by atoms with van der Waals surface area (Å²) in [6, 6.07) is 8.96. The Bertz CT molecular complexity index is 997. The molecule has 0 atom stereocenters. The summed E-state index contributed by atoms with van der Waals surface area (Å²) >= 11 is 18.1. The Kier molecular flexibility index (Phi) is 5.44. The second-order valence-corrected chi connectivity index (χ2v) is 7.68. The van der Waals surface area contributed by atoms with Crippen LogP contribution in [0.5, 0.6) is 0 Å². The average Bonchev–Trinajstić information content (AvgIpc) is 3.18. The quantitative estimate of drug-likeness (QED) is 0.661. The Morgan fingerprint density at radius 2 is 1.68 bits per heavy atom. The molecular weight excluding hydrogens is 421 g/mol. The SMILES string of the molecule is O=C(c1cn[nH]c1-c1ccc(Cl)cc1)N1CCN(c2ncc(Cl)cc2Cl)CC1. The fourth-order valence-electron chi connectivity index (χ4n) is 3.22. The zero-order chi connectivity index (χ0) is 19.7. The van der Waals surface area contributed by atoms with Gasteiger partial charge in [0.2, 0.25) is 0 Å². The number of hydrogen-bond acceptors (Lipinski definition) is 4. The number of halogens is 3. The van der Waals surface area contributed by atoms with Crippen LogP contribution in [0.15, 0.2) is 42.7 Å². The molecule has 0 spiro atoms. The Hall–Kier alpha value is -2.28. The Balaban J connectivity index is 1.48. The van der Waals surface area contributed by atoms with E-state index in [0.717, 1.165) is 5.56 Å². The van der Waals surface area contributed by atoms with Crippen LogP contribution in [0.4, 0.5) is 5.82 Å². The Morgan fingerprint density at radius 1 is 0.964 bits per heavy atom. The standard InChI is InChI=1S/C19H16Cl3N5O/c20-13-3-1-12(2-4-13)17-15(11-24-25-17)19(28)27-7-5-26(6-8-27)18-16(22)9-14(21)10-23-18/h1-4,9-11H,5-8H2,(H,24,25). The van der Waals surface area contributed by atoms with Gasteiger partial charge in [0.25, 0.3) is 5.91 Å². The maximum atomic E-state index is 13.0. The van der Waals surface area contributed by atoms with E-state index in [9.17, 15) is 4.79 Å². The highest BCUT2D eigenvalue weighted by Crippen LogP contribution is 2.28. The Labute approximate surface area is 177 Å². The van der Waals surface area contributed by atoms with Gasteiger partial charge in [-0.1, -0.05) is 46.9 Å². The maximum Gasteiger partial charge on any atom is 0.257 e. The van der Waals surface area contributed by atoms with Gasteiger partial charge >= 0.3 is 0 Å². The van der Waals surface area contributed by atoms with Gasteiger partial charge in [-0.3, -0.25) is 9.89 Å².